The summed E-state index contributed by atoms with van der Waals surface area (Å²) < 4.78 is 0. The van der Waals surface area contributed by atoms with Crippen molar-refractivity contribution in [1.82, 2.24) is 0 Å². The van der Waals surface area contributed by atoms with Crippen molar-refractivity contribution in [1.29, 1.82) is 0 Å². The van der Waals surface area contributed by atoms with Crippen LogP contribution in [-0.4, -0.2) is 11.1 Å². The maximum absolute atomic E-state index is 10.3. The second-order valence-electron chi connectivity index (χ2n) is 1.72. The van der Waals surface area contributed by atoms with Crippen LogP contribution in [-0.2, 0) is 4.79 Å². The molecular weight excluding hydrogens is 172 g/mol. The average molecular weight is 177 g/mol. The lowest BCUT2D eigenvalue weighted by atomic mass is 10.3. The van der Waals surface area contributed by atoms with Gasteiger partial charge in [0.05, 0.1) is 0 Å². The molecule has 0 bridgehead atoms. The third-order valence-corrected chi connectivity index (χ3v) is 2.50. The largest absolute Gasteiger partial charge is 0.480 e. The van der Waals surface area contributed by atoms with Crippen LogP contribution < -0.4 is 0 Å². The van der Waals surface area contributed by atoms with Crippen molar-refractivity contribution in [3.8, 4) is 0 Å². The molecule has 54 valence electrons. The molecule has 0 radical (unpaired) electrons. The summed E-state index contributed by atoms with van der Waals surface area (Å²) >= 11 is 6.84. The first-order valence-corrected chi connectivity index (χ1v) is 3.93. The highest BCUT2D eigenvalue weighted by atomic mass is 35.5. The Morgan fingerprint density at radius 3 is 2.90 bits per heavy atom. The first kappa shape index (κ1) is 7.57. The fraction of sp³-hybridized carbons (Fsp3) is 0.167. The van der Waals surface area contributed by atoms with Gasteiger partial charge in [0, 0.05) is 4.88 Å². The minimum atomic E-state index is -0.996. The van der Waals surface area contributed by atoms with Crippen LogP contribution in [0.2, 0.25) is 0 Å². The van der Waals surface area contributed by atoms with Gasteiger partial charge in [-0.3, -0.25) is 4.79 Å². The molecule has 1 heterocycles. The number of aliphatic carboxylic acids is 1. The van der Waals surface area contributed by atoms with Crippen LogP contribution in [0.4, 0.5) is 0 Å². The number of thiophene rings is 1. The number of carboxylic acids is 1. The van der Waals surface area contributed by atoms with Gasteiger partial charge in [-0.2, -0.15) is 0 Å². The second-order valence-corrected chi connectivity index (χ2v) is 3.13. The maximum atomic E-state index is 10.3. The molecule has 0 aliphatic carbocycles. The summed E-state index contributed by atoms with van der Waals surface area (Å²) in [6.45, 7) is 0. The van der Waals surface area contributed by atoms with Crippen LogP contribution >= 0.6 is 22.9 Å². The van der Waals surface area contributed by atoms with E-state index in [1.165, 1.54) is 11.3 Å². The fourth-order valence-electron chi connectivity index (χ4n) is 0.557. The predicted octanol–water partition coefficient (Wildman–Crippen LogP) is 2.11. The summed E-state index contributed by atoms with van der Waals surface area (Å²) in [5, 5.41) is 9.34. The summed E-state index contributed by atoms with van der Waals surface area (Å²) in [6, 6.07) is 3.48. The van der Waals surface area contributed by atoms with Gasteiger partial charge in [0.25, 0.3) is 0 Å². The summed E-state index contributed by atoms with van der Waals surface area (Å²) in [5.41, 5.74) is 0. The molecule has 4 heteroatoms. The zero-order chi connectivity index (χ0) is 7.56. The lowest BCUT2D eigenvalue weighted by Crippen LogP contribution is -2.02. The monoisotopic (exact) mass is 176 g/mol. The van der Waals surface area contributed by atoms with Gasteiger partial charge in [-0.05, 0) is 11.4 Å². The zero-order valence-corrected chi connectivity index (χ0v) is 6.52. The van der Waals surface area contributed by atoms with Crippen molar-refractivity contribution in [2.75, 3.05) is 0 Å². The van der Waals surface area contributed by atoms with Crippen molar-refractivity contribution in [2.45, 2.75) is 5.38 Å². The molecule has 0 fully saturated rings. The van der Waals surface area contributed by atoms with Gasteiger partial charge >= 0.3 is 5.97 Å². The Bertz CT molecular complexity index is 220. The topological polar surface area (TPSA) is 37.3 Å². The highest BCUT2D eigenvalue weighted by Crippen LogP contribution is 2.24. The number of rotatable bonds is 2. The fourth-order valence-corrected chi connectivity index (χ4v) is 1.48. The molecule has 1 aromatic rings. The molecule has 0 aliphatic rings. The average Bonchev–Trinajstić information content (AvgIpc) is 2.36. The smallest absolute Gasteiger partial charge is 0.327 e. The number of carbonyl (C=O) groups is 1. The molecular formula is C6H5ClO2S. The molecule has 0 amide bonds. The van der Waals surface area contributed by atoms with Gasteiger partial charge in [0.2, 0.25) is 0 Å². The van der Waals surface area contributed by atoms with Gasteiger partial charge in [0.1, 0.15) is 0 Å². The summed E-state index contributed by atoms with van der Waals surface area (Å²) in [6.07, 6.45) is 0. The Labute approximate surface area is 67.1 Å². The lowest BCUT2D eigenvalue weighted by molar-refractivity contribution is -0.136. The molecule has 0 aromatic carbocycles. The molecule has 1 N–H and O–H groups in total. The molecule has 1 rings (SSSR count). The number of carboxylic acid groups (broad SMARTS) is 1. The highest BCUT2D eigenvalue weighted by Gasteiger charge is 2.16. The second kappa shape index (κ2) is 3.03. The van der Waals surface area contributed by atoms with Crippen LogP contribution in [0.1, 0.15) is 10.3 Å². The Morgan fingerprint density at radius 1 is 1.80 bits per heavy atom. The summed E-state index contributed by atoms with van der Waals surface area (Å²) in [4.78, 5) is 10.9. The molecule has 1 aromatic heterocycles. The normalized spacial score (nSPS) is 12.9. The molecule has 0 saturated carbocycles. The highest BCUT2D eigenvalue weighted by molar-refractivity contribution is 7.10. The number of hydrogen-bond acceptors (Lipinski definition) is 2. The van der Waals surface area contributed by atoms with Gasteiger partial charge in [0.15, 0.2) is 5.38 Å². The van der Waals surface area contributed by atoms with Crippen LogP contribution in [0.3, 0.4) is 0 Å². The van der Waals surface area contributed by atoms with Gasteiger partial charge in [-0.1, -0.05) is 6.07 Å². The van der Waals surface area contributed by atoms with E-state index in [0.717, 1.165) is 0 Å². The number of alkyl halides is 1. The molecule has 0 aliphatic heterocycles. The number of halogens is 1. The van der Waals surface area contributed by atoms with Crippen molar-refractivity contribution in [3.63, 3.8) is 0 Å². The van der Waals surface area contributed by atoms with Crippen LogP contribution in [0.5, 0.6) is 0 Å². The predicted molar refractivity (Wildman–Crippen MR) is 40.5 cm³/mol. The van der Waals surface area contributed by atoms with E-state index in [9.17, 15) is 4.79 Å². The van der Waals surface area contributed by atoms with Crippen molar-refractivity contribution in [3.05, 3.63) is 22.4 Å². The molecule has 2 nitrogen and oxygen atoms in total. The Hall–Kier alpha value is -0.540. The third kappa shape index (κ3) is 1.49. The summed E-state index contributed by atoms with van der Waals surface area (Å²) in [7, 11) is 0. The van der Waals surface area contributed by atoms with Gasteiger partial charge in [-0.25, -0.2) is 0 Å². The Balaban J connectivity index is 2.77. The van der Waals surface area contributed by atoms with Gasteiger partial charge < -0.3 is 5.11 Å². The zero-order valence-electron chi connectivity index (χ0n) is 4.95. The summed E-state index contributed by atoms with van der Waals surface area (Å²) in [5.74, 6) is -0.996. The maximum Gasteiger partial charge on any atom is 0.327 e. The molecule has 0 unspecified atom stereocenters. The quantitative estimate of drug-likeness (QED) is 0.701. The van der Waals surface area contributed by atoms with E-state index < -0.39 is 11.3 Å². The SMILES string of the molecule is O=C(O)[C@H](Cl)c1cccs1. The Kier molecular flexibility index (Phi) is 2.29. The molecule has 1 atom stereocenters. The minimum absolute atomic E-state index is 0.675. The van der Waals surface area contributed by atoms with E-state index in [0.29, 0.717) is 4.88 Å². The van der Waals surface area contributed by atoms with E-state index in [4.69, 9.17) is 16.7 Å². The lowest BCUT2D eigenvalue weighted by Gasteiger charge is -1.97. The van der Waals surface area contributed by atoms with E-state index >= 15 is 0 Å². The number of hydrogen-bond donors (Lipinski definition) is 1. The first-order valence-electron chi connectivity index (χ1n) is 2.62. The van der Waals surface area contributed by atoms with E-state index in [2.05, 4.69) is 0 Å². The van der Waals surface area contributed by atoms with Crippen molar-refractivity contribution in [2.24, 2.45) is 0 Å². The van der Waals surface area contributed by atoms with E-state index in [-0.39, 0.29) is 0 Å². The van der Waals surface area contributed by atoms with E-state index in [1.807, 2.05) is 0 Å². The van der Waals surface area contributed by atoms with Gasteiger partial charge in [-0.15, -0.1) is 22.9 Å². The standard InChI is InChI=1S/C6H5ClO2S/c7-5(6(8)9)4-2-1-3-10-4/h1-3,5H,(H,8,9)/t5-/m1/s1. The molecule has 0 spiro atoms. The van der Waals surface area contributed by atoms with Crippen molar-refractivity contribution >= 4 is 28.9 Å². The first-order chi connectivity index (χ1) is 4.72. The molecule has 10 heavy (non-hydrogen) atoms. The van der Waals surface area contributed by atoms with Crippen LogP contribution in [0.15, 0.2) is 17.5 Å². The molecule has 0 saturated heterocycles. The Morgan fingerprint density at radius 2 is 2.50 bits per heavy atom. The van der Waals surface area contributed by atoms with Crippen LogP contribution in [0.25, 0.3) is 0 Å². The van der Waals surface area contributed by atoms with Crippen LogP contribution in [0, 0.1) is 0 Å². The van der Waals surface area contributed by atoms with Crippen molar-refractivity contribution < 1.29 is 9.90 Å². The van der Waals surface area contributed by atoms with E-state index in [1.54, 1.807) is 17.5 Å². The minimum Gasteiger partial charge on any atom is -0.480 e. The third-order valence-electron chi connectivity index (χ3n) is 1.01.